The van der Waals surface area contributed by atoms with Gasteiger partial charge in [0.1, 0.15) is 12.4 Å². The van der Waals surface area contributed by atoms with Gasteiger partial charge in [0.25, 0.3) is 5.69 Å². The number of hydrogen-bond donors (Lipinski definition) is 1. The molecule has 1 heterocycles. The van der Waals surface area contributed by atoms with E-state index in [2.05, 4.69) is 4.98 Å². The summed E-state index contributed by atoms with van der Waals surface area (Å²) in [5, 5.41) is 11.5. The summed E-state index contributed by atoms with van der Waals surface area (Å²) in [5.74, 6) is 0.556. The molecule has 1 aromatic heterocycles. The zero-order valence-electron chi connectivity index (χ0n) is 9.87. The number of nitrogens with zero attached hydrogens (tertiary/aromatic N) is 2. The number of fused-ring (bicyclic) bond motifs is 1. The lowest BCUT2D eigenvalue weighted by atomic mass is 10.1. The fraction of sp³-hybridized carbons (Fsp3) is 0.250. The van der Waals surface area contributed by atoms with Crippen LogP contribution < -0.4 is 10.5 Å². The topological polar surface area (TPSA) is 91.3 Å². The number of ether oxygens (including phenoxy) is 1. The molecule has 0 radical (unpaired) electrons. The van der Waals surface area contributed by atoms with Crippen LogP contribution in [0.1, 0.15) is 6.92 Å². The first-order valence-electron chi connectivity index (χ1n) is 5.50. The zero-order chi connectivity index (χ0) is 13.1. The number of nitro groups is 1. The molecule has 94 valence electrons. The monoisotopic (exact) mass is 247 g/mol. The van der Waals surface area contributed by atoms with Crippen LogP contribution in [-0.2, 0) is 0 Å². The van der Waals surface area contributed by atoms with Gasteiger partial charge in [-0.25, -0.2) is 4.98 Å². The van der Waals surface area contributed by atoms with E-state index >= 15 is 0 Å². The van der Waals surface area contributed by atoms with Crippen molar-refractivity contribution in [1.29, 1.82) is 0 Å². The lowest BCUT2D eigenvalue weighted by Crippen LogP contribution is -2.23. The Bertz CT molecular complexity index is 584. The van der Waals surface area contributed by atoms with Gasteiger partial charge >= 0.3 is 0 Å². The third kappa shape index (κ3) is 2.38. The number of aromatic nitrogens is 1. The minimum Gasteiger partial charge on any atom is -0.491 e. The smallest absolute Gasteiger partial charge is 0.295 e. The van der Waals surface area contributed by atoms with Crippen molar-refractivity contribution in [3.63, 3.8) is 0 Å². The van der Waals surface area contributed by atoms with Crippen LogP contribution in [0.3, 0.4) is 0 Å². The molecule has 0 aliphatic rings. The van der Waals surface area contributed by atoms with Crippen molar-refractivity contribution in [3.05, 3.63) is 40.6 Å². The molecule has 2 rings (SSSR count). The Morgan fingerprint density at radius 2 is 2.28 bits per heavy atom. The van der Waals surface area contributed by atoms with Crippen LogP contribution >= 0.6 is 0 Å². The standard InChI is InChI=1S/C12H13N3O3/c1-8(13)7-18-11-5-4-10(15(16)17)12-9(11)3-2-6-14-12/h2-6,8H,7,13H2,1H3. The quantitative estimate of drug-likeness (QED) is 0.657. The van der Waals surface area contributed by atoms with Gasteiger partial charge in [-0.15, -0.1) is 0 Å². The van der Waals surface area contributed by atoms with Crippen LogP contribution in [0.5, 0.6) is 5.75 Å². The van der Waals surface area contributed by atoms with Crippen molar-refractivity contribution in [1.82, 2.24) is 4.98 Å². The van der Waals surface area contributed by atoms with Crippen LogP contribution in [0, 0.1) is 10.1 Å². The number of benzene rings is 1. The molecule has 6 nitrogen and oxygen atoms in total. The third-order valence-corrected chi connectivity index (χ3v) is 2.41. The zero-order valence-corrected chi connectivity index (χ0v) is 9.87. The van der Waals surface area contributed by atoms with Gasteiger partial charge in [0.15, 0.2) is 5.52 Å². The van der Waals surface area contributed by atoms with E-state index < -0.39 is 4.92 Å². The minimum absolute atomic E-state index is 0.0289. The first-order chi connectivity index (χ1) is 8.59. The van der Waals surface area contributed by atoms with Gasteiger partial charge < -0.3 is 10.5 Å². The van der Waals surface area contributed by atoms with Crippen LogP contribution in [0.15, 0.2) is 30.5 Å². The minimum atomic E-state index is -0.454. The van der Waals surface area contributed by atoms with Crippen LogP contribution in [0.4, 0.5) is 5.69 Å². The Kier molecular flexibility index (Phi) is 3.38. The Balaban J connectivity index is 2.50. The number of non-ortho nitro benzene ring substituents is 1. The van der Waals surface area contributed by atoms with Crippen LogP contribution in [0.25, 0.3) is 10.9 Å². The molecule has 0 spiro atoms. The second-order valence-electron chi connectivity index (χ2n) is 4.03. The van der Waals surface area contributed by atoms with Gasteiger partial charge in [0.05, 0.1) is 4.92 Å². The van der Waals surface area contributed by atoms with E-state index in [1.54, 1.807) is 18.2 Å². The first kappa shape index (κ1) is 12.3. The molecular weight excluding hydrogens is 234 g/mol. The Hall–Kier alpha value is -2.21. The highest BCUT2D eigenvalue weighted by Gasteiger charge is 2.16. The van der Waals surface area contributed by atoms with E-state index in [1.807, 2.05) is 6.92 Å². The Morgan fingerprint density at radius 1 is 1.50 bits per heavy atom. The van der Waals surface area contributed by atoms with E-state index in [1.165, 1.54) is 12.3 Å². The van der Waals surface area contributed by atoms with E-state index in [4.69, 9.17) is 10.5 Å². The number of hydrogen-bond acceptors (Lipinski definition) is 5. The Labute approximate surface area is 104 Å². The number of pyridine rings is 1. The molecule has 0 bridgehead atoms. The van der Waals surface area contributed by atoms with Gasteiger partial charge in [0.2, 0.25) is 0 Å². The molecule has 2 aromatic rings. The largest absolute Gasteiger partial charge is 0.491 e. The lowest BCUT2D eigenvalue weighted by molar-refractivity contribution is -0.383. The number of nitro benzene ring substituents is 1. The lowest BCUT2D eigenvalue weighted by Gasteiger charge is -2.10. The summed E-state index contributed by atoms with van der Waals surface area (Å²) in [6.07, 6.45) is 1.52. The third-order valence-electron chi connectivity index (χ3n) is 2.41. The second-order valence-corrected chi connectivity index (χ2v) is 4.03. The highest BCUT2D eigenvalue weighted by Crippen LogP contribution is 2.31. The molecule has 0 saturated carbocycles. The maximum Gasteiger partial charge on any atom is 0.295 e. The van der Waals surface area contributed by atoms with E-state index in [-0.39, 0.29) is 11.7 Å². The number of nitrogens with two attached hydrogens (primary N) is 1. The maximum atomic E-state index is 10.9. The fourth-order valence-electron chi connectivity index (χ4n) is 1.63. The van der Waals surface area contributed by atoms with Crippen LogP contribution in [-0.4, -0.2) is 22.6 Å². The van der Waals surface area contributed by atoms with Gasteiger partial charge in [-0.05, 0) is 25.1 Å². The predicted molar refractivity (Wildman–Crippen MR) is 67.5 cm³/mol. The molecular formula is C12H13N3O3. The van der Waals surface area contributed by atoms with Crippen molar-refractivity contribution in [2.75, 3.05) is 6.61 Å². The van der Waals surface area contributed by atoms with Gasteiger partial charge in [-0.1, -0.05) is 0 Å². The SMILES string of the molecule is CC(N)COc1ccc([N+](=O)[O-])c2ncccc12. The molecule has 0 saturated heterocycles. The molecule has 1 atom stereocenters. The van der Waals surface area contributed by atoms with E-state index in [0.717, 1.165) is 0 Å². The van der Waals surface area contributed by atoms with E-state index in [9.17, 15) is 10.1 Å². The molecule has 0 fully saturated rings. The van der Waals surface area contributed by atoms with Crippen LogP contribution in [0.2, 0.25) is 0 Å². The van der Waals surface area contributed by atoms with Gasteiger partial charge in [-0.2, -0.15) is 0 Å². The molecule has 1 unspecified atom stereocenters. The molecule has 0 amide bonds. The summed E-state index contributed by atoms with van der Waals surface area (Å²) in [5.41, 5.74) is 5.91. The summed E-state index contributed by atoms with van der Waals surface area (Å²) >= 11 is 0. The van der Waals surface area contributed by atoms with Crippen molar-refractivity contribution >= 4 is 16.6 Å². The molecule has 1 aromatic carbocycles. The molecule has 0 aliphatic carbocycles. The average Bonchev–Trinajstić information content (AvgIpc) is 2.35. The molecule has 0 aliphatic heterocycles. The van der Waals surface area contributed by atoms with Crippen molar-refractivity contribution in [2.45, 2.75) is 13.0 Å². The molecule has 18 heavy (non-hydrogen) atoms. The van der Waals surface area contributed by atoms with Gasteiger partial charge in [-0.3, -0.25) is 10.1 Å². The number of rotatable bonds is 4. The second kappa shape index (κ2) is 4.97. The van der Waals surface area contributed by atoms with Crippen molar-refractivity contribution in [3.8, 4) is 5.75 Å². The highest BCUT2D eigenvalue weighted by atomic mass is 16.6. The summed E-state index contributed by atoms with van der Waals surface area (Å²) in [6, 6.07) is 6.32. The fourth-order valence-corrected chi connectivity index (χ4v) is 1.63. The average molecular weight is 247 g/mol. The highest BCUT2D eigenvalue weighted by molar-refractivity contribution is 5.91. The molecule has 2 N–H and O–H groups in total. The normalized spacial score (nSPS) is 12.3. The molecule has 6 heteroatoms. The summed E-state index contributed by atoms with van der Waals surface area (Å²) in [6.45, 7) is 2.17. The van der Waals surface area contributed by atoms with E-state index in [0.29, 0.717) is 23.3 Å². The first-order valence-corrected chi connectivity index (χ1v) is 5.50. The van der Waals surface area contributed by atoms with Gasteiger partial charge in [0, 0.05) is 23.7 Å². The summed E-state index contributed by atoms with van der Waals surface area (Å²) in [7, 11) is 0. The van der Waals surface area contributed by atoms with Crippen molar-refractivity contribution < 1.29 is 9.66 Å². The maximum absolute atomic E-state index is 10.9. The summed E-state index contributed by atoms with van der Waals surface area (Å²) in [4.78, 5) is 14.5. The Morgan fingerprint density at radius 3 is 2.94 bits per heavy atom. The van der Waals surface area contributed by atoms with Crippen molar-refractivity contribution in [2.24, 2.45) is 5.73 Å². The summed E-state index contributed by atoms with van der Waals surface area (Å²) < 4.78 is 5.53. The predicted octanol–water partition coefficient (Wildman–Crippen LogP) is 1.87.